The van der Waals surface area contributed by atoms with E-state index in [-0.39, 0.29) is 22.7 Å². The van der Waals surface area contributed by atoms with Crippen LogP contribution in [0.25, 0.3) is 10.1 Å². The number of piperidine rings is 1. The van der Waals surface area contributed by atoms with E-state index in [4.69, 9.17) is 16.3 Å². The third-order valence-electron chi connectivity index (χ3n) is 7.07. The summed E-state index contributed by atoms with van der Waals surface area (Å²) in [6.45, 7) is 1.20. The second kappa shape index (κ2) is 11.5. The third-order valence-corrected chi connectivity index (χ3v) is 8.75. The van der Waals surface area contributed by atoms with Gasteiger partial charge in [-0.1, -0.05) is 41.9 Å². The van der Waals surface area contributed by atoms with Gasteiger partial charge in [0, 0.05) is 28.7 Å². The van der Waals surface area contributed by atoms with E-state index in [1.807, 2.05) is 36.4 Å². The van der Waals surface area contributed by atoms with E-state index in [9.17, 15) is 19.5 Å². The van der Waals surface area contributed by atoms with Crippen molar-refractivity contribution in [1.82, 2.24) is 4.90 Å². The van der Waals surface area contributed by atoms with E-state index in [0.29, 0.717) is 28.9 Å². The Morgan fingerprint density at radius 3 is 2.44 bits per heavy atom. The number of carboxylic acids is 1. The molecule has 0 spiro atoms. The molecule has 1 aliphatic heterocycles. The fourth-order valence-corrected chi connectivity index (χ4v) is 6.33. The zero-order valence-electron chi connectivity index (χ0n) is 21.3. The van der Waals surface area contributed by atoms with Gasteiger partial charge in [-0.3, -0.25) is 9.59 Å². The molecular weight excluding hydrogens is 536 g/mol. The maximum atomic E-state index is 13.2. The SMILES string of the molecule is COc1ccc(CC2CCN(C(=O)c3ccc(NC(=O)c4sc5ccccc5c4Cl)c(C(=O)O)c3)CC2)cc1. The predicted octanol–water partition coefficient (Wildman–Crippen LogP) is 6.61. The molecule has 200 valence electrons. The second-order valence-corrected chi connectivity index (χ2v) is 11.0. The summed E-state index contributed by atoms with van der Waals surface area (Å²) in [6, 6.07) is 19.8. The number of aromatic carboxylic acids is 1. The van der Waals surface area contributed by atoms with Crippen LogP contribution in [0.15, 0.2) is 66.7 Å². The number of rotatable bonds is 7. The number of methoxy groups -OCH3 is 1. The van der Waals surface area contributed by atoms with E-state index in [1.165, 1.54) is 29.0 Å². The van der Waals surface area contributed by atoms with Crippen molar-refractivity contribution in [2.45, 2.75) is 19.3 Å². The molecule has 5 rings (SSSR count). The van der Waals surface area contributed by atoms with Crippen molar-refractivity contribution < 1.29 is 24.2 Å². The van der Waals surface area contributed by atoms with Crippen molar-refractivity contribution in [3.05, 3.63) is 93.3 Å². The summed E-state index contributed by atoms with van der Waals surface area (Å²) in [4.78, 5) is 40.3. The lowest BCUT2D eigenvalue weighted by Gasteiger charge is -2.32. The van der Waals surface area contributed by atoms with Gasteiger partial charge < -0.3 is 20.1 Å². The van der Waals surface area contributed by atoms with Gasteiger partial charge in [0.25, 0.3) is 11.8 Å². The zero-order chi connectivity index (χ0) is 27.5. The van der Waals surface area contributed by atoms with Crippen LogP contribution in [0, 0.1) is 5.92 Å². The lowest BCUT2D eigenvalue weighted by atomic mass is 9.90. The largest absolute Gasteiger partial charge is 0.497 e. The van der Waals surface area contributed by atoms with Crippen LogP contribution >= 0.6 is 22.9 Å². The molecule has 2 N–H and O–H groups in total. The van der Waals surface area contributed by atoms with Gasteiger partial charge in [-0.15, -0.1) is 11.3 Å². The first-order valence-electron chi connectivity index (χ1n) is 12.6. The number of nitrogens with one attached hydrogen (secondary N) is 1. The van der Waals surface area contributed by atoms with Crippen molar-refractivity contribution in [3.8, 4) is 5.75 Å². The molecule has 9 heteroatoms. The van der Waals surface area contributed by atoms with E-state index < -0.39 is 11.9 Å². The van der Waals surface area contributed by atoms with Crippen LogP contribution in [0.3, 0.4) is 0 Å². The van der Waals surface area contributed by atoms with Gasteiger partial charge in [-0.25, -0.2) is 4.79 Å². The summed E-state index contributed by atoms with van der Waals surface area (Å²) < 4.78 is 6.08. The van der Waals surface area contributed by atoms with Crippen molar-refractivity contribution in [3.63, 3.8) is 0 Å². The Labute approximate surface area is 235 Å². The number of carbonyl (C=O) groups excluding carboxylic acids is 2. The van der Waals surface area contributed by atoms with Crippen LogP contribution in [0.4, 0.5) is 5.69 Å². The van der Waals surface area contributed by atoms with Crippen molar-refractivity contribution in [2.24, 2.45) is 5.92 Å². The first-order valence-corrected chi connectivity index (χ1v) is 13.8. The number of benzene rings is 3. The van der Waals surface area contributed by atoms with Crippen LogP contribution < -0.4 is 10.1 Å². The fourth-order valence-electron chi connectivity index (χ4n) is 4.92. The number of ether oxygens (including phenoxy) is 1. The number of nitrogens with zero attached hydrogens (tertiary/aromatic N) is 1. The lowest BCUT2D eigenvalue weighted by Crippen LogP contribution is -2.39. The molecule has 0 aliphatic carbocycles. The Kier molecular flexibility index (Phi) is 7.86. The Balaban J connectivity index is 1.25. The Morgan fingerprint density at radius 1 is 1.05 bits per heavy atom. The number of hydrogen-bond donors (Lipinski definition) is 2. The Bertz CT molecular complexity index is 1540. The molecule has 1 saturated heterocycles. The quantitative estimate of drug-likeness (QED) is 0.264. The summed E-state index contributed by atoms with van der Waals surface area (Å²) in [5, 5.41) is 13.6. The average Bonchev–Trinajstić information content (AvgIpc) is 3.30. The van der Waals surface area contributed by atoms with Crippen LogP contribution in [0.2, 0.25) is 5.02 Å². The molecule has 1 fully saturated rings. The van der Waals surface area contributed by atoms with Crippen molar-refractivity contribution in [2.75, 3.05) is 25.5 Å². The van der Waals surface area contributed by atoms with Crippen LogP contribution in [-0.4, -0.2) is 48.0 Å². The number of carbonyl (C=O) groups is 3. The smallest absolute Gasteiger partial charge is 0.337 e. The highest BCUT2D eigenvalue weighted by Gasteiger charge is 2.26. The normalized spacial score (nSPS) is 13.8. The molecule has 1 aliphatic rings. The van der Waals surface area contributed by atoms with E-state index in [2.05, 4.69) is 17.4 Å². The molecular formula is C30H27ClN2O5S. The minimum Gasteiger partial charge on any atom is -0.497 e. The molecule has 2 heterocycles. The maximum Gasteiger partial charge on any atom is 0.337 e. The number of thiophene rings is 1. The van der Waals surface area contributed by atoms with Crippen molar-refractivity contribution in [1.29, 1.82) is 0 Å². The number of anilines is 1. The van der Waals surface area contributed by atoms with Gasteiger partial charge in [0.15, 0.2) is 0 Å². The molecule has 1 aromatic heterocycles. The van der Waals surface area contributed by atoms with Crippen LogP contribution in [0.5, 0.6) is 5.75 Å². The average molecular weight is 563 g/mol. The zero-order valence-corrected chi connectivity index (χ0v) is 22.8. The first kappa shape index (κ1) is 26.7. The number of amides is 2. The fraction of sp³-hybridized carbons (Fsp3) is 0.233. The van der Waals surface area contributed by atoms with E-state index >= 15 is 0 Å². The summed E-state index contributed by atoms with van der Waals surface area (Å²) in [7, 11) is 1.65. The van der Waals surface area contributed by atoms with E-state index in [1.54, 1.807) is 18.1 Å². The maximum absolute atomic E-state index is 13.2. The summed E-state index contributed by atoms with van der Waals surface area (Å²) in [5.74, 6) is -0.655. The first-order chi connectivity index (χ1) is 18.8. The molecule has 39 heavy (non-hydrogen) atoms. The lowest BCUT2D eigenvalue weighted by molar-refractivity contribution is 0.0690. The Morgan fingerprint density at radius 2 is 1.77 bits per heavy atom. The molecule has 0 saturated carbocycles. The number of carboxylic acid groups (broad SMARTS) is 1. The van der Waals surface area contributed by atoms with Gasteiger partial charge in [0.2, 0.25) is 0 Å². The second-order valence-electron chi connectivity index (χ2n) is 9.55. The van der Waals surface area contributed by atoms with Gasteiger partial charge in [0.05, 0.1) is 23.4 Å². The minimum absolute atomic E-state index is 0.107. The molecule has 4 aromatic rings. The van der Waals surface area contributed by atoms with Gasteiger partial charge in [0.1, 0.15) is 10.6 Å². The highest BCUT2D eigenvalue weighted by atomic mass is 35.5. The van der Waals surface area contributed by atoms with Gasteiger partial charge >= 0.3 is 5.97 Å². The molecule has 2 amide bonds. The number of hydrogen-bond acceptors (Lipinski definition) is 5. The molecule has 0 radical (unpaired) electrons. The molecule has 3 aromatic carbocycles. The highest BCUT2D eigenvalue weighted by molar-refractivity contribution is 7.21. The molecule has 0 unspecified atom stereocenters. The summed E-state index contributed by atoms with van der Waals surface area (Å²) in [5.41, 5.74) is 1.47. The monoisotopic (exact) mass is 562 g/mol. The number of halogens is 1. The third kappa shape index (κ3) is 5.77. The summed E-state index contributed by atoms with van der Waals surface area (Å²) >= 11 is 7.66. The summed E-state index contributed by atoms with van der Waals surface area (Å²) in [6.07, 6.45) is 2.68. The van der Waals surface area contributed by atoms with Gasteiger partial charge in [-0.05, 0) is 67.1 Å². The van der Waals surface area contributed by atoms with Crippen LogP contribution in [-0.2, 0) is 6.42 Å². The topological polar surface area (TPSA) is 95.9 Å². The van der Waals surface area contributed by atoms with Crippen molar-refractivity contribution >= 4 is 56.5 Å². The molecule has 0 bridgehead atoms. The van der Waals surface area contributed by atoms with Gasteiger partial charge in [-0.2, -0.15) is 0 Å². The standard InChI is InChI=1S/C30H27ClN2O5S/c1-38-21-9-6-18(7-10-21)16-19-12-14-33(15-13-19)29(35)20-8-11-24(23(17-20)30(36)37)32-28(34)27-26(31)22-4-2-3-5-25(22)39-27/h2-11,17,19H,12-16H2,1H3,(H,32,34)(H,36,37). The highest BCUT2D eigenvalue weighted by Crippen LogP contribution is 2.36. The molecule has 7 nitrogen and oxygen atoms in total. The minimum atomic E-state index is -1.24. The van der Waals surface area contributed by atoms with Crippen LogP contribution in [0.1, 0.15) is 48.8 Å². The predicted molar refractivity (Wildman–Crippen MR) is 154 cm³/mol. The molecule has 0 atom stereocenters. The number of likely N-dealkylation sites (tertiary alicyclic amines) is 1. The number of fused-ring (bicyclic) bond motifs is 1. The van der Waals surface area contributed by atoms with E-state index in [0.717, 1.165) is 35.1 Å². The Hall–Kier alpha value is -3.88.